The van der Waals surface area contributed by atoms with Crippen LogP contribution in [-0.2, 0) is 10.0 Å². The number of sulfonamides is 1. The Kier molecular flexibility index (Phi) is 5.97. The molecule has 1 aromatic carbocycles. The minimum Gasteiger partial charge on any atom is -0.352 e. The topological polar surface area (TPSA) is 66.5 Å². The molecule has 0 radical (unpaired) electrons. The third-order valence-electron chi connectivity index (χ3n) is 3.88. The molecule has 1 fully saturated rings. The molecule has 1 heterocycles. The average Bonchev–Trinajstić information content (AvgIpc) is 2.56. The molecule has 5 nitrogen and oxygen atoms in total. The maximum atomic E-state index is 12.8. The van der Waals surface area contributed by atoms with Gasteiger partial charge in [-0.3, -0.25) is 4.79 Å². The normalized spacial score (nSPS) is 16.4. The van der Waals surface area contributed by atoms with Crippen molar-refractivity contribution in [2.24, 2.45) is 0 Å². The van der Waals surface area contributed by atoms with Crippen LogP contribution >= 0.6 is 0 Å². The first-order valence-electron chi connectivity index (χ1n) is 7.94. The molecule has 1 aliphatic rings. The average molecular weight is 324 g/mol. The Morgan fingerprint density at radius 2 is 1.86 bits per heavy atom. The van der Waals surface area contributed by atoms with E-state index >= 15 is 0 Å². The fourth-order valence-corrected chi connectivity index (χ4v) is 4.30. The minimum atomic E-state index is -3.60. The predicted octanol–water partition coefficient (Wildman–Crippen LogP) is 2.39. The van der Waals surface area contributed by atoms with Crippen molar-refractivity contribution in [2.45, 2.75) is 43.9 Å². The van der Waals surface area contributed by atoms with Crippen LogP contribution in [0.4, 0.5) is 0 Å². The molecule has 1 aromatic rings. The second kappa shape index (κ2) is 7.74. The summed E-state index contributed by atoms with van der Waals surface area (Å²) in [6.07, 6.45) is 4.68. The summed E-state index contributed by atoms with van der Waals surface area (Å²) in [5.74, 6) is -0.315. The van der Waals surface area contributed by atoms with E-state index in [1.54, 1.807) is 18.2 Å². The molecule has 0 spiro atoms. The van der Waals surface area contributed by atoms with E-state index in [1.807, 2.05) is 6.92 Å². The summed E-state index contributed by atoms with van der Waals surface area (Å²) in [7, 11) is -3.60. The summed E-state index contributed by atoms with van der Waals surface area (Å²) < 4.78 is 27.1. The van der Waals surface area contributed by atoms with Crippen molar-refractivity contribution in [3.05, 3.63) is 29.8 Å². The number of benzene rings is 1. The lowest BCUT2D eigenvalue weighted by Gasteiger charge is -2.26. The Hall–Kier alpha value is -1.40. The van der Waals surface area contributed by atoms with Gasteiger partial charge in [0.1, 0.15) is 0 Å². The number of unbranched alkanes of at least 4 members (excludes halogenated alkanes) is 1. The van der Waals surface area contributed by atoms with Crippen LogP contribution in [-0.4, -0.2) is 38.3 Å². The molecule has 0 aliphatic carbocycles. The van der Waals surface area contributed by atoms with Gasteiger partial charge < -0.3 is 5.32 Å². The van der Waals surface area contributed by atoms with Crippen LogP contribution in [0.15, 0.2) is 29.2 Å². The first-order chi connectivity index (χ1) is 10.6. The largest absolute Gasteiger partial charge is 0.352 e. The predicted molar refractivity (Wildman–Crippen MR) is 86.3 cm³/mol. The minimum absolute atomic E-state index is 0.117. The molecule has 122 valence electrons. The van der Waals surface area contributed by atoms with Crippen molar-refractivity contribution in [1.29, 1.82) is 0 Å². The van der Waals surface area contributed by atoms with E-state index in [0.717, 1.165) is 32.1 Å². The van der Waals surface area contributed by atoms with Crippen LogP contribution in [0.2, 0.25) is 0 Å². The number of amides is 1. The zero-order valence-electron chi connectivity index (χ0n) is 13.0. The van der Waals surface area contributed by atoms with E-state index in [-0.39, 0.29) is 16.4 Å². The lowest BCUT2D eigenvalue weighted by Crippen LogP contribution is -2.37. The number of hydrogen-bond acceptors (Lipinski definition) is 3. The molecule has 0 unspecified atom stereocenters. The summed E-state index contributed by atoms with van der Waals surface area (Å²) in [5.41, 5.74) is 0.240. The SMILES string of the molecule is CCCCNC(=O)c1ccccc1S(=O)(=O)N1CCCCC1. The Morgan fingerprint density at radius 1 is 1.18 bits per heavy atom. The van der Waals surface area contributed by atoms with Gasteiger partial charge >= 0.3 is 0 Å². The smallest absolute Gasteiger partial charge is 0.252 e. The molecule has 6 heteroatoms. The fraction of sp³-hybridized carbons (Fsp3) is 0.562. The van der Waals surface area contributed by atoms with Gasteiger partial charge in [0.25, 0.3) is 5.91 Å². The molecular formula is C16H24N2O3S. The van der Waals surface area contributed by atoms with Crippen molar-refractivity contribution >= 4 is 15.9 Å². The van der Waals surface area contributed by atoms with Crippen molar-refractivity contribution in [2.75, 3.05) is 19.6 Å². The molecule has 1 aliphatic heterocycles. The third kappa shape index (κ3) is 3.87. The number of nitrogens with zero attached hydrogens (tertiary/aromatic N) is 1. The fourth-order valence-electron chi connectivity index (χ4n) is 2.60. The van der Waals surface area contributed by atoms with Gasteiger partial charge in [0.05, 0.1) is 10.5 Å². The van der Waals surface area contributed by atoms with E-state index in [9.17, 15) is 13.2 Å². The summed E-state index contributed by atoms with van der Waals surface area (Å²) in [6, 6.07) is 6.47. The monoisotopic (exact) mass is 324 g/mol. The molecule has 1 amide bonds. The zero-order chi connectivity index (χ0) is 16.0. The number of nitrogens with one attached hydrogen (secondary N) is 1. The van der Waals surface area contributed by atoms with Gasteiger partial charge in [-0.25, -0.2) is 8.42 Å². The van der Waals surface area contributed by atoms with E-state index in [4.69, 9.17) is 0 Å². The first kappa shape index (κ1) is 17.0. The second-order valence-electron chi connectivity index (χ2n) is 5.57. The lowest BCUT2D eigenvalue weighted by atomic mass is 10.2. The Morgan fingerprint density at radius 3 is 2.55 bits per heavy atom. The van der Waals surface area contributed by atoms with E-state index in [0.29, 0.717) is 19.6 Å². The summed E-state index contributed by atoms with van der Waals surface area (Å²) in [5, 5.41) is 2.79. The van der Waals surface area contributed by atoms with Gasteiger partial charge in [-0.1, -0.05) is 31.9 Å². The highest BCUT2D eigenvalue weighted by Crippen LogP contribution is 2.23. The van der Waals surface area contributed by atoms with Gasteiger partial charge in [0.2, 0.25) is 10.0 Å². The number of carbonyl (C=O) groups excluding carboxylic acids is 1. The molecule has 0 atom stereocenters. The maximum absolute atomic E-state index is 12.8. The first-order valence-corrected chi connectivity index (χ1v) is 9.38. The zero-order valence-corrected chi connectivity index (χ0v) is 13.9. The van der Waals surface area contributed by atoms with E-state index < -0.39 is 10.0 Å². The highest BCUT2D eigenvalue weighted by atomic mass is 32.2. The van der Waals surface area contributed by atoms with Crippen LogP contribution in [0, 0.1) is 0 Å². The summed E-state index contributed by atoms with van der Waals surface area (Å²) >= 11 is 0. The van der Waals surface area contributed by atoms with Gasteiger partial charge in [-0.15, -0.1) is 0 Å². The molecule has 0 saturated carbocycles. The Bertz CT molecular complexity index is 608. The molecule has 1 N–H and O–H groups in total. The van der Waals surface area contributed by atoms with Gasteiger partial charge in [-0.05, 0) is 31.4 Å². The Labute approximate surface area is 132 Å². The van der Waals surface area contributed by atoms with Gasteiger partial charge in [-0.2, -0.15) is 4.31 Å². The number of piperidine rings is 1. The number of rotatable bonds is 6. The highest BCUT2D eigenvalue weighted by molar-refractivity contribution is 7.89. The quantitative estimate of drug-likeness (QED) is 0.817. The van der Waals surface area contributed by atoms with Gasteiger partial charge in [0, 0.05) is 19.6 Å². The molecule has 0 bridgehead atoms. The molecule has 1 saturated heterocycles. The molecular weight excluding hydrogens is 300 g/mol. The highest BCUT2D eigenvalue weighted by Gasteiger charge is 2.29. The summed E-state index contributed by atoms with van der Waals surface area (Å²) in [6.45, 7) is 3.68. The van der Waals surface area contributed by atoms with Crippen molar-refractivity contribution in [3.8, 4) is 0 Å². The van der Waals surface area contributed by atoms with Crippen molar-refractivity contribution < 1.29 is 13.2 Å². The van der Waals surface area contributed by atoms with Crippen molar-refractivity contribution in [3.63, 3.8) is 0 Å². The number of hydrogen-bond donors (Lipinski definition) is 1. The lowest BCUT2D eigenvalue weighted by molar-refractivity contribution is 0.0949. The van der Waals surface area contributed by atoms with Crippen LogP contribution < -0.4 is 5.32 Å². The van der Waals surface area contributed by atoms with Crippen molar-refractivity contribution in [1.82, 2.24) is 9.62 Å². The maximum Gasteiger partial charge on any atom is 0.252 e. The van der Waals surface area contributed by atoms with Crippen LogP contribution in [0.25, 0.3) is 0 Å². The molecule has 0 aromatic heterocycles. The molecule has 2 rings (SSSR count). The molecule has 22 heavy (non-hydrogen) atoms. The number of carbonyl (C=O) groups is 1. The Balaban J connectivity index is 2.25. The van der Waals surface area contributed by atoms with Crippen LogP contribution in [0.3, 0.4) is 0 Å². The van der Waals surface area contributed by atoms with Gasteiger partial charge in [0.15, 0.2) is 0 Å². The third-order valence-corrected chi connectivity index (χ3v) is 5.84. The van der Waals surface area contributed by atoms with Crippen LogP contribution in [0.1, 0.15) is 49.4 Å². The van der Waals surface area contributed by atoms with E-state index in [1.165, 1.54) is 10.4 Å². The summed E-state index contributed by atoms with van der Waals surface area (Å²) in [4.78, 5) is 12.4. The standard InChI is InChI=1S/C16H24N2O3S/c1-2-3-11-17-16(19)14-9-5-6-10-15(14)22(20,21)18-12-7-4-8-13-18/h5-6,9-10H,2-4,7-8,11-13H2,1H3,(H,17,19). The van der Waals surface area contributed by atoms with Crippen LogP contribution in [0.5, 0.6) is 0 Å². The van der Waals surface area contributed by atoms with E-state index in [2.05, 4.69) is 5.32 Å². The second-order valence-corrected chi connectivity index (χ2v) is 7.48.